The van der Waals surface area contributed by atoms with Gasteiger partial charge in [0.1, 0.15) is 0 Å². The van der Waals surface area contributed by atoms with E-state index in [1.54, 1.807) is 6.07 Å². The van der Waals surface area contributed by atoms with Crippen molar-refractivity contribution in [3.63, 3.8) is 0 Å². The molecule has 0 saturated heterocycles. The van der Waals surface area contributed by atoms with Gasteiger partial charge in [-0.3, -0.25) is 4.79 Å². The second-order valence-electron chi connectivity index (χ2n) is 2.34. The van der Waals surface area contributed by atoms with Crippen molar-refractivity contribution in [2.75, 3.05) is 0 Å². The Hall–Kier alpha value is -0.840. The second-order valence-corrected chi connectivity index (χ2v) is 3.25. The zero-order valence-corrected chi connectivity index (χ0v) is 7.82. The monoisotopic (exact) mass is 252 g/mol. The van der Waals surface area contributed by atoms with Gasteiger partial charge in [-0.25, -0.2) is 0 Å². The van der Waals surface area contributed by atoms with Crippen LogP contribution in [0.4, 0.5) is 13.2 Å². The van der Waals surface area contributed by atoms with E-state index in [2.05, 4.69) is 15.9 Å². The zero-order chi connectivity index (χ0) is 10.1. The van der Waals surface area contributed by atoms with Crippen LogP contribution in [0, 0.1) is 0 Å². The fourth-order valence-electron chi connectivity index (χ4n) is 0.793. The lowest BCUT2D eigenvalue weighted by Gasteiger charge is -2.04. The summed E-state index contributed by atoms with van der Waals surface area (Å²) in [5.41, 5.74) is -0.359. The quantitative estimate of drug-likeness (QED) is 0.702. The number of carbonyl (C=O) groups is 1. The molecule has 0 saturated carbocycles. The second kappa shape index (κ2) is 3.49. The summed E-state index contributed by atoms with van der Waals surface area (Å²) in [7, 11) is 0. The van der Waals surface area contributed by atoms with Crippen molar-refractivity contribution in [1.29, 1.82) is 0 Å². The van der Waals surface area contributed by atoms with Gasteiger partial charge < -0.3 is 0 Å². The first kappa shape index (κ1) is 10.2. The van der Waals surface area contributed by atoms with Gasteiger partial charge in [-0.15, -0.1) is 0 Å². The van der Waals surface area contributed by atoms with E-state index in [-0.39, 0.29) is 5.56 Å². The molecule has 0 aromatic heterocycles. The molecule has 0 fully saturated rings. The Balaban J connectivity index is 3.03. The minimum Gasteiger partial charge on any atom is -0.284 e. The largest absolute Gasteiger partial charge is 0.454 e. The summed E-state index contributed by atoms with van der Waals surface area (Å²) in [6.45, 7) is 0. The highest BCUT2D eigenvalue weighted by molar-refractivity contribution is 9.10. The van der Waals surface area contributed by atoms with E-state index in [1.807, 2.05) is 0 Å². The highest BCUT2D eigenvalue weighted by Crippen LogP contribution is 2.22. The fourth-order valence-corrected chi connectivity index (χ4v) is 1.19. The van der Waals surface area contributed by atoms with Crippen molar-refractivity contribution in [2.45, 2.75) is 6.18 Å². The predicted molar refractivity (Wildman–Crippen MR) is 44.5 cm³/mol. The van der Waals surface area contributed by atoms with E-state index in [4.69, 9.17) is 0 Å². The first-order valence-corrected chi connectivity index (χ1v) is 4.07. The van der Waals surface area contributed by atoms with Crippen molar-refractivity contribution in [2.24, 2.45) is 0 Å². The zero-order valence-electron chi connectivity index (χ0n) is 6.23. The number of ketones is 1. The van der Waals surface area contributed by atoms with Gasteiger partial charge in [0.2, 0.25) is 0 Å². The number of Topliss-reactive ketones (excluding diaryl/α,β-unsaturated/α-hetero) is 1. The predicted octanol–water partition coefficient (Wildman–Crippen LogP) is 3.19. The van der Waals surface area contributed by atoms with Crippen LogP contribution in [0.15, 0.2) is 28.7 Å². The Morgan fingerprint density at radius 2 is 1.92 bits per heavy atom. The number of benzene rings is 1. The van der Waals surface area contributed by atoms with Crippen LogP contribution in [0.2, 0.25) is 0 Å². The first-order chi connectivity index (χ1) is 5.91. The molecule has 1 aromatic carbocycles. The normalized spacial score (nSPS) is 11.4. The van der Waals surface area contributed by atoms with Crippen LogP contribution in [0.1, 0.15) is 10.4 Å². The molecule has 13 heavy (non-hydrogen) atoms. The summed E-state index contributed by atoms with van der Waals surface area (Å²) in [4.78, 5) is 10.7. The molecule has 70 valence electrons. The van der Waals surface area contributed by atoms with Crippen LogP contribution in [0.25, 0.3) is 0 Å². The molecule has 0 aliphatic rings. The maximum Gasteiger partial charge on any atom is 0.454 e. The molecule has 1 rings (SSSR count). The van der Waals surface area contributed by atoms with E-state index in [0.29, 0.717) is 4.47 Å². The van der Waals surface area contributed by atoms with Crippen LogP contribution in [-0.2, 0) is 0 Å². The average molecular weight is 253 g/mol. The molecule has 0 spiro atoms. The highest BCUT2D eigenvalue weighted by Gasteiger charge is 2.39. The molecule has 0 bridgehead atoms. The Morgan fingerprint density at radius 3 is 2.38 bits per heavy atom. The Labute approximate surface area is 80.7 Å². The third-order valence-corrected chi connectivity index (χ3v) is 1.84. The molecule has 1 nitrogen and oxygen atoms in total. The molecule has 0 unspecified atom stereocenters. The van der Waals surface area contributed by atoms with Crippen molar-refractivity contribution < 1.29 is 18.0 Å². The minimum atomic E-state index is -4.80. The van der Waals surface area contributed by atoms with E-state index in [0.717, 1.165) is 12.1 Å². The number of hydrogen-bond acceptors (Lipinski definition) is 1. The highest BCUT2D eigenvalue weighted by atomic mass is 79.9. The van der Waals surface area contributed by atoms with E-state index < -0.39 is 12.0 Å². The van der Waals surface area contributed by atoms with Crippen molar-refractivity contribution in [1.82, 2.24) is 0 Å². The van der Waals surface area contributed by atoms with E-state index >= 15 is 0 Å². The minimum absolute atomic E-state index is 0.359. The van der Waals surface area contributed by atoms with Gasteiger partial charge in [-0.05, 0) is 12.1 Å². The van der Waals surface area contributed by atoms with Crippen molar-refractivity contribution in [3.8, 4) is 0 Å². The van der Waals surface area contributed by atoms with Gasteiger partial charge in [0, 0.05) is 10.0 Å². The lowest BCUT2D eigenvalue weighted by molar-refractivity contribution is -0.0885. The Morgan fingerprint density at radius 1 is 1.31 bits per heavy atom. The molecule has 0 radical (unpaired) electrons. The van der Waals surface area contributed by atoms with Gasteiger partial charge in [0.05, 0.1) is 0 Å². The van der Waals surface area contributed by atoms with E-state index in [1.165, 1.54) is 6.07 Å². The summed E-state index contributed by atoms with van der Waals surface area (Å²) >= 11 is 2.98. The first-order valence-electron chi connectivity index (χ1n) is 3.28. The molecule has 0 amide bonds. The smallest absolute Gasteiger partial charge is 0.284 e. The van der Waals surface area contributed by atoms with Crippen molar-refractivity contribution in [3.05, 3.63) is 34.3 Å². The number of rotatable bonds is 1. The molecule has 0 N–H and O–H groups in total. The summed E-state index contributed by atoms with van der Waals surface area (Å²) in [5, 5.41) is 0. The molecule has 0 aliphatic heterocycles. The Kier molecular flexibility index (Phi) is 2.75. The van der Waals surface area contributed by atoms with Crippen LogP contribution in [0.3, 0.4) is 0 Å². The van der Waals surface area contributed by atoms with Crippen LogP contribution < -0.4 is 0 Å². The molecule has 0 heterocycles. The number of hydrogen-bond donors (Lipinski definition) is 0. The van der Waals surface area contributed by atoms with Crippen LogP contribution >= 0.6 is 15.9 Å². The Bertz CT molecular complexity index is 332. The van der Waals surface area contributed by atoms with Crippen LogP contribution in [-0.4, -0.2) is 12.0 Å². The van der Waals surface area contributed by atoms with Gasteiger partial charge in [0.25, 0.3) is 5.78 Å². The summed E-state index contributed by atoms with van der Waals surface area (Å²) in [5.74, 6) is -1.83. The number of alkyl halides is 3. The fraction of sp³-hybridized carbons (Fsp3) is 0.125. The SMILES string of the molecule is O=C(c1cccc(Br)c1)C(F)(F)F. The van der Waals surface area contributed by atoms with Crippen molar-refractivity contribution >= 4 is 21.7 Å². The number of halogens is 4. The molecule has 0 atom stereocenters. The molecule has 5 heteroatoms. The lowest BCUT2D eigenvalue weighted by Crippen LogP contribution is -2.22. The van der Waals surface area contributed by atoms with Gasteiger partial charge in [0.15, 0.2) is 0 Å². The lowest BCUT2D eigenvalue weighted by atomic mass is 10.1. The maximum atomic E-state index is 11.9. The van der Waals surface area contributed by atoms with Gasteiger partial charge in [-0.2, -0.15) is 13.2 Å². The third-order valence-electron chi connectivity index (χ3n) is 1.34. The van der Waals surface area contributed by atoms with Gasteiger partial charge in [-0.1, -0.05) is 28.1 Å². The summed E-state index contributed by atoms with van der Waals surface area (Å²) in [6.07, 6.45) is -4.80. The maximum absolute atomic E-state index is 11.9. The summed E-state index contributed by atoms with van der Waals surface area (Å²) < 4.78 is 36.2. The topological polar surface area (TPSA) is 17.1 Å². The standard InChI is InChI=1S/C8H4BrF3O/c9-6-3-1-2-5(4-6)7(13)8(10,11)12/h1-4H. The number of carbonyl (C=O) groups excluding carboxylic acids is 1. The van der Waals surface area contributed by atoms with E-state index in [9.17, 15) is 18.0 Å². The average Bonchev–Trinajstić information content (AvgIpc) is 2.01. The third kappa shape index (κ3) is 2.55. The van der Waals surface area contributed by atoms with Crippen LogP contribution in [0.5, 0.6) is 0 Å². The molecular formula is C8H4BrF3O. The summed E-state index contributed by atoms with van der Waals surface area (Å²) in [6, 6.07) is 5.19. The molecule has 1 aromatic rings. The molecule has 0 aliphatic carbocycles. The molecular weight excluding hydrogens is 249 g/mol. The van der Waals surface area contributed by atoms with Gasteiger partial charge >= 0.3 is 6.18 Å².